The number of rotatable bonds is 6. The van der Waals surface area contributed by atoms with Crippen LogP contribution in [-0.2, 0) is 6.54 Å². The second-order valence-electron chi connectivity index (χ2n) is 6.76. The van der Waals surface area contributed by atoms with Crippen molar-refractivity contribution in [3.8, 4) is 0 Å². The predicted molar refractivity (Wildman–Crippen MR) is 105 cm³/mol. The number of guanidine groups is 1. The molecule has 1 aliphatic rings. The van der Waals surface area contributed by atoms with Crippen molar-refractivity contribution in [1.82, 2.24) is 20.0 Å². The molecule has 5 nitrogen and oxygen atoms in total. The van der Waals surface area contributed by atoms with Crippen molar-refractivity contribution < 1.29 is 0 Å². The second-order valence-corrected chi connectivity index (χ2v) is 8.16. The molecule has 0 spiro atoms. The van der Waals surface area contributed by atoms with Crippen LogP contribution in [0, 0.1) is 19.8 Å². The van der Waals surface area contributed by atoms with Crippen molar-refractivity contribution in [1.29, 1.82) is 0 Å². The lowest BCUT2D eigenvalue weighted by molar-refractivity contribution is 0.401. The Hall–Kier alpha value is -1.17. The summed E-state index contributed by atoms with van der Waals surface area (Å²) >= 11 is 2.10. The lowest BCUT2D eigenvalue weighted by Crippen LogP contribution is -2.48. The summed E-state index contributed by atoms with van der Waals surface area (Å²) in [6.45, 7) is 15.7. The Morgan fingerprint density at radius 1 is 1.46 bits per heavy atom. The Labute approximate surface area is 151 Å². The summed E-state index contributed by atoms with van der Waals surface area (Å²) in [7, 11) is 0. The summed E-state index contributed by atoms with van der Waals surface area (Å²) in [5, 5.41) is 8.77. The molecule has 0 radical (unpaired) electrons. The minimum atomic E-state index is 0.470. The predicted octanol–water partition coefficient (Wildman–Crippen LogP) is 2.93. The molecule has 24 heavy (non-hydrogen) atoms. The number of hydrogen-bond donors (Lipinski definition) is 1. The SMILES string of the molecule is CCNC(=NCC(C)Cn1nc(C)cc1C)N1CCSC(CC)C1. The van der Waals surface area contributed by atoms with Crippen LogP contribution < -0.4 is 5.32 Å². The first-order chi connectivity index (χ1) is 11.5. The smallest absolute Gasteiger partial charge is 0.193 e. The molecule has 1 aromatic heterocycles. The fraction of sp³-hybridized carbons (Fsp3) is 0.778. The maximum atomic E-state index is 4.92. The van der Waals surface area contributed by atoms with Crippen LogP contribution in [0.4, 0.5) is 0 Å². The van der Waals surface area contributed by atoms with E-state index in [9.17, 15) is 0 Å². The lowest BCUT2D eigenvalue weighted by atomic mass is 10.2. The minimum absolute atomic E-state index is 0.470. The van der Waals surface area contributed by atoms with Crippen LogP contribution in [0.1, 0.15) is 38.6 Å². The quantitative estimate of drug-likeness (QED) is 0.632. The van der Waals surface area contributed by atoms with E-state index in [1.54, 1.807) is 0 Å². The van der Waals surface area contributed by atoms with Crippen LogP contribution in [0.5, 0.6) is 0 Å². The van der Waals surface area contributed by atoms with Gasteiger partial charge in [0.1, 0.15) is 0 Å². The van der Waals surface area contributed by atoms with Gasteiger partial charge in [0.05, 0.1) is 5.69 Å². The van der Waals surface area contributed by atoms with Crippen molar-refractivity contribution in [3.05, 3.63) is 17.5 Å². The number of thioether (sulfide) groups is 1. The van der Waals surface area contributed by atoms with Gasteiger partial charge in [-0.15, -0.1) is 0 Å². The van der Waals surface area contributed by atoms with Gasteiger partial charge in [-0.25, -0.2) is 0 Å². The highest BCUT2D eigenvalue weighted by atomic mass is 32.2. The summed E-state index contributed by atoms with van der Waals surface area (Å²) < 4.78 is 2.10. The van der Waals surface area contributed by atoms with Gasteiger partial charge in [0.25, 0.3) is 0 Å². The third-order valence-electron chi connectivity index (χ3n) is 4.37. The summed E-state index contributed by atoms with van der Waals surface area (Å²) in [6, 6.07) is 2.14. The zero-order valence-electron chi connectivity index (χ0n) is 15.9. The van der Waals surface area contributed by atoms with Crippen molar-refractivity contribution in [2.24, 2.45) is 10.9 Å². The van der Waals surface area contributed by atoms with Gasteiger partial charge < -0.3 is 10.2 Å². The van der Waals surface area contributed by atoms with E-state index < -0.39 is 0 Å². The van der Waals surface area contributed by atoms with Gasteiger partial charge in [-0.1, -0.05) is 13.8 Å². The normalized spacial score (nSPS) is 20.3. The van der Waals surface area contributed by atoms with Gasteiger partial charge in [0, 0.05) is 49.4 Å². The first kappa shape index (κ1) is 19.2. The fourth-order valence-corrected chi connectivity index (χ4v) is 4.22. The van der Waals surface area contributed by atoms with Crippen LogP contribution in [-0.4, -0.2) is 57.8 Å². The Bertz CT molecular complexity index is 540. The Balaban J connectivity index is 1.95. The molecule has 0 amide bonds. The third kappa shape index (κ3) is 5.43. The van der Waals surface area contributed by atoms with Crippen LogP contribution in [0.15, 0.2) is 11.1 Å². The van der Waals surface area contributed by atoms with E-state index in [1.807, 2.05) is 6.92 Å². The topological polar surface area (TPSA) is 45.5 Å². The Kier molecular flexibility index (Phi) is 7.46. The number of nitrogens with one attached hydrogen (secondary N) is 1. The molecule has 2 atom stereocenters. The Morgan fingerprint density at radius 3 is 2.88 bits per heavy atom. The summed E-state index contributed by atoms with van der Waals surface area (Å²) in [4.78, 5) is 7.35. The first-order valence-electron chi connectivity index (χ1n) is 9.19. The standard InChI is InChI=1S/C18H33N5S/c1-6-17-13-22(8-9-24-17)18(19-7-2)20-11-14(3)12-23-16(5)10-15(4)21-23/h10,14,17H,6-9,11-13H2,1-5H3,(H,19,20). The maximum Gasteiger partial charge on any atom is 0.193 e. The molecular weight excluding hydrogens is 318 g/mol. The molecule has 136 valence electrons. The largest absolute Gasteiger partial charge is 0.357 e. The monoisotopic (exact) mass is 351 g/mol. The van der Waals surface area contributed by atoms with Gasteiger partial charge in [-0.2, -0.15) is 16.9 Å². The van der Waals surface area contributed by atoms with Gasteiger partial charge >= 0.3 is 0 Å². The highest BCUT2D eigenvalue weighted by molar-refractivity contribution is 8.00. The molecule has 0 bridgehead atoms. The van der Waals surface area contributed by atoms with Gasteiger partial charge in [-0.3, -0.25) is 9.67 Å². The van der Waals surface area contributed by atoms with E-state index in [-0.39, 0.29) is 0 Å². The van der Waals surface area contributed by atoms with Crippen LogP contribution >= 0.6 is 11.8 Å². The van der Waals surface area contributed by atoms with E-state index in [0.717, 1.165) is 49.6 Å². The van der Waals surface area contributed by atoms with Crippen molar-refractivity contribution in [3.63, 3.8) is 0 Å². The average Bonchev–Trinajstić information content (AvgIpc) is 2.88. The van der Waals surface area contributed by atoms with Crippen molar-refractivity contribution in [2.45, 2.75) is 52.8 Å². The average molecular weight is 352 g/mol. The van der Waals surface area contributed by atoms with Crippen molar-refractivity contribution >= 4 is 17.7 Å². The molecule has 0 aromatic carbocycles. The molecule has 2 unspecified atom stereocenters. The molecule has 2 heterocycles. The molecular formula is C18H33N5S. The minimum Gasteiger partial charge on any atom is -0.357 e. The number of hydrogen-bond acceptors (Lipinski definition) is 3. The van der Waals surface area contributed by atoms with E-state index >= 15 is 0 Å². The fourth-order valence-electron chi connectivity index (χ4n) is 3.04. The molecule has 1 N–H and O–H groups in total. The molecule has 1 fully saturated rings. The second kappa shape index (κ2) is 9.35. The summed E-state index contributed by atoms with van der Waals surface area (Å²) in [6.07, 6.45) is 1.23. The first-order valence-corrected chi connectivity index (χ1v) is 10.2. The maximum absolute atomic E-state index is 4.92. The van der Waals surface area contributed by atoms with E-state index in [2.05, 4.69) is 65.5 Å². The molecule has 6 heteroatoms. The summed E-state index contributed by atoms with van der Waals surface area (Å²) in [5.41, 5.74) is 2.32. The van der Waals surface area contributed by atoms with E-state index in [4.69, 9.17) is 4.99 Å². The molecule has 2 rings (SSSR count). The van der Waals surface area contributed by atoms with E-state index in [1.165, 1.54) is 17.9 Å². The number of aromatic nitrogens is 2. The number of aliphatic imine (C=N–C) groups is 1. The van der Waals surface area contributed by atoms with Gasteiger partial charge in [0.15, 0.2) is 5.96 Å². The molecule has 1 saturated heterocycles. The van der Waals surface area contributed by atoms with E-state index in [0.29, 0.717) is 5.92 Å². The third-order valence-corrected chi connectivity index (χ3v) is 5.74. The number of aryl methyl sites for hydroxylation is 2. The molecule has 0 saturated carbocycles. The highest BCUT2D eigenvalue weighted by Crippen LogP contribution is 2.21. The molecule has 1 aliphatic heterocycles. The van der Waals surface area contributed by atoms with Gasteiger partial charge in [0.2, 0.25) is 0 Å². The highest BCUT2D eigenvalue weighted by Gasteiger charge is 2.21. The lowest BCUT2D eigenvalue weighted by Gasteiger charge is -2.34. The zero-order chi connectivity index (χ0) is 17.5. The Morgan fingerprint density at radius 2 is 2.25 bits per heavy atom. The summed E-state index contributed by atoms with van der Waals surface area (Å²) in [5.74, 6) is 2.75. The molecule has 1 aromatic rings. The molecule has 0 aliphatic carbocycles. The van der Waals surface area contributed by atoms with Crippen LogP contribution in [0.3, 0.4) is 0 Å². The van der Waals surface area contributed by atoms with Crippen molar-refractivity contribution in [2.75, 3.05) is 31.9 Å². The van der Waals surface area contributed by atoms with Crippen LogP contribution in [0.25, 0.3) is 0 Å². The van der Waals surface area contributed by atoms with Crippen LogP contribution in [0.2, 0.25) is 0 Å². The number of nitrogens with zero attached hydrogens (tertiary/aromatic N) is 4. The van der Waals surface area contributed by atoms with Gasteiger partial charge in [-0.05, 0) is 39.2 Å². The zero-order valence-corrected chi connectivity index (χ0v) is 16.7.